The number of aromatic amines is 2. The summed E-state index contributed by atoms with van der Waals surface area (Å²) in [6.45, 7) is 3.58. The molecule has 5 aromatic heterocycles. The van der Waals surface area contributed by atoms with Crippen LogP contribution in [0, 0.1) is 5.82 Å². The first-order valence-corrected chi connectivity index (χ1v) is 13.0. The van der Waals surface area contributed by atoms with Crippen molar-refractivity contribution in [1.82, 2.24) is 40.0 Å². The number of ether oxygens (including phenoxy) is 1. The van der Waals surface area contributed by atoms with E-state index in [0.29, 0.717) is 29.2 Å². The van der Waals surface area contributed by atoms with Gasteiger partial charge in [0.05, 0.1) is 16.9 Å². The number of rotatable bonds is 7. The Balaban J connectivity index is 1.23. The van der Waals surface area contributed by atoms with Crippen molar-refractivity contribution in [2.75, 3.05) is 26.2 Å². The highest BCUT2D eigenvalue weighted by molar-refractivity contribution is 5.99. The molecule has 1 aromatic carbocycles. The monoisotopic (exact) mass is 520 g/mol. The summed E-state index contributed by atoms with van der Waals surface area (Å²) in [6, 6.07) is 12.5. The first-order chi connectivity index (χ1) is 19.2. The lowest BCUT2D eigenvalue weighted by Crippen LogP contribution is -2.25. The van der Waals surface area contributed by atoms with Gasteiger partial charge < -0.3 is 9.72 Å². The van der Waals surface area contributed by atoms with Crippen LogP contribution in [0.1, 0.15) is 12.8 Å². The largest absolute Gasteiger partial charge is 0.492 e. The second-order valence-corrected chi connectivity index (χ2v) is 9.67. The molecule has 2 N–H and O–H groups in total. The first-order valence-electron chi connectivity index (χ1n) is 13.0. The summed E-state index contributed by atoms with van der Waals surface area (Å²) in [5.41, 5.74) is 6.74. The number of pyridine rings is 2. The lowest BCUT2D eigenvalue weighted by molar-refractivity contribution is 0.237. The van der Waals surface area contributed by atoms with Crippen LogP contribution in [-0.4, -0.2) is 66.3 Å². The molecule has 7 rings (SSSR count). The maximum absolute atomic E-state index is 14.7. The van der Waals surface area contributed by atoms with Gasteiger partial charge in [0, 0.05) is 42.2 Å². The lowest BCUT2D eigenvalue weighted by atomic mass is 10.0. The number of likely N-dealkylation sites (tertiary alicyclic amines) is 1. The molecular formula is C29H25FN8O. The van der Waals surface area contributed by atoms with Crippen LogP contribution in [0.5, 0.6) is 5.75 Å². The van der Waals surface area contributed by atoms with Gasteiger partial charge in [0.2, 0.25) is 0 Å². The Morgan fingerprint density at radius 1 is 0.974 bits per heavy atom. The van der Waals surface area contributed by atoms with E-state index in [1.165, 1.54) is 31.3 Å². The molecule has 1 fully saturated rings. The minimum absolute atomic E-state index is 0.343. The third kappa shape index (κ3) is 4.59. The fourth-order valence-electron chi connectivity index (χ4n) is 5.19. The number of aromatic nitrogens is 7. The molecule has 9 nitrogen and oxygen atoms in total. The molecule has 39 heavy (non-hydrogen) atoms. The normalized spacial score (nSPS) is 14.0. The van der Waals surface area contributed by atoms with Crippen LogP contribution < -0.4 is 4.74 Å². The highest BCUT2D eigenvalue weighted by atomic mass is 19.1. The van der Waals surface area contributed by atoms with E-state index in [4.69, 9.17) is 9.72 Å². The minimum Gasteiger partial charge on any atom is -0.492 e. The summed E-state index contributed by atoms with van der Waals surface area (Å²) in [5, 5.41) is 8.44. The van der Waals surface area contributed by atoms with Gasteiger partial charge >= 0.3 is 0 Å². The number of nitrogens with zero attached hydrogens (tertiary/aromatic N) is 6. The second kappa shape index (κ2) is 9.88. The molecule has 6 heterocycles. The van der Waals surface area contributed by atoms with Gasteiger partial charge in [0.1, 0.15) is 41.4 Å². The Labute approximate surface area is 223 Å². The van der Waals surface area contributed by atoms with Gasteiger partial charge in [0.25, 0.3) is 0 Å². The number of benzene rings is 1. The summed E-state index contributed by atoms with van der Waals surface area (Å²) in [7, 11) is 0. The van der Waals surface area contributed by atoms with Crippen LogP contribution >= 0.6 is 0 Å². The average Bonchev–Trinajstić information content (AvgIpc) is 3.72. The van der Waals surface area contributed by atoms with Crippen molar-refractivity contribution in [3.8, 4) is 39.5 Å². The van der Waals surface area contributed by atoms with Crippen molar-refractivity contribution in [3.63, 3.8) is 0 Å². The van der Waals surface area contributed by atoms with Gasteiger partial charge in [-0.1, -0.05) is 0 Å². The van der Waals surface area contributed by atoms with Gasteiger partial charge in [-0.05, 0) is 73.5 Å². The van der Waals surface area contributed by atoms with Crippen molar-refractivity contribution in [2.45, 2.75) is 12.8 Å². The molecule has 0 aliphatic carbocycles. The fraction of sp³-hybridized carbons (Fsp3) is 0.207. The van der Waals surface area contributed by atoms with Crippen molar-refractivity contribution >= 4 is 22.1 Å². The Hall–Kier alpha value is -4.70. The molecule has 194 valence electrons. The number of hydrogen-bond donors (Lipinski definition) is 2. The molecule has 0 bridgehead atoms. The maximum atomic E-state index is 14.7. The molecule has 0 radical (unpaired) electrons. The minimum atomic E-state index is -0.343. The van der Waals surface area contributed by atoms with Crippen molar-refractivity contribution in [2.24, 2.45) is 0 Å². The standard InChI is InChI=1S/C29H25FN8O/c30-20-11-18(12-21(13-20)39-10-9-38-7-1-2-8-38)22-5-6-33-29-23(22)14-26(35-29)28-27-25(36-37-28)4-3-24(34-27)19-15-31-17-32-16-19/h3-6,11-17H,1-2,7-10H2,(H,33,35)(H,36,37). The molecule has 10 heteroatoms. The average molecular weight is 521 g/mol. The quantitative estimate of drug-likeness (QED) is 0.296. The maximum Gasteiger partial charge on any atom is 0.138 e. The zero-order valence-corrected chi connectivity index (χ0v) is 21.1. The number of halogens is 1. The van der Waals surface area contributed by atoms with Gasteiger partial charge in [0.15, 0.2) is 0 Å². The highest BCUT2D eigenvalue weighted by Gasteiger charge is 2.17. The molecule has 6 aromatic rings. The number of fused-ring (bicyclic) bond motifs is 2. The van der Waals surface area contributed by atoms with Crippen molar-refractivity contribution in [1.29, 1.82) is 0 Å². The van der Waals surface area contributed by atoms with Crippen LogP contribution in [0.25, 0.3) is 55.8 Å². The number of hydrogen-bond acceptors (Lipinski definition) is 7. The Morgan fingerprint density at radius 3 is 2.72 bits per heavy atom. The summed E-state index contributed by atoms with van der Waals surface area (Å²) in [6.07, 6.45) is 9.11. The first kappa shape index (κ1) is 23.4. The summed E-state index contributed by atoms with van der Waals surface area (Å²) in [4.78, 5) is 23.3. The highest BCUT2D eigenvalue weighted by Crippen LogP contribution is 2.35. The van der Waals surface area contributed by atoms with E-state index in [2.05, 4.69) is 35.0 Å². The molecule has 1 aliphatic heterocycles. The molecule has 0 amide bonds. The molecule has 0 unspecified atom stereocenters. The van der Waals surface area contributed by atoms with Crippen LogP contribution in [0.4, 0.5) is 4.39 Å². The van der Waals surface area contributed by atoms with Gasteiger partial charge in [-0.3, -0.25) is 10.00 Å². The van der Waals surface area contributed by atoms with Gasteiger partial charge in [-0.15, -0.1) is 0 Å². The molecular weight excluding hydrogens is 495 g/mol. The van der Waals surface area contributed by atoms with Crippen LogP contribution in [0.15, 0.2) is 67.4 Å². The molecule has 1 saturated heterocycles. The summed E-state index contributed by atoms with van der Waals surface area (Å²) >= 11 is 0. The second-order valence-electron chi connectivity index (χ2n) is 9.67. The Bertz CT molecular complexity index is 1780. The van der Waals surface area contributed by atoms with Crippen molar-refractivity contribution < 1.29 is 9.13 Å². The molecule has 0 saturated carbocycles. The van der Waals surface area contributed by atoms with Crippen LogP contribution in [0.2, 0.25) is 0 Å². The van der Waals surface area contributed by atoms with Crippen LogP contribution in [0.3, 0.4) is 0 Å². The third-order valence-corrected chi connectivity index (χ3v) is 7.11. The van der Waals surface area contributed by atoms with E-state index >= 15 is 0 Å². The topological polar surface area (TPSA) is 108 Å². The van der Waals surface area contributed by atoms with E-state index in [1.54, 1.807) is 18.6 Å². The van der Waals surface area contributed by atoms with E-state index in [1.807, 2.05) is 30.3 Å². The molecule has 0 atom stereocenters. The molecule has 0 spiro atoms. The zero-order valence-electron chi connectivity index (χ0n) is 21.1. The number of nitrogens with one attached hydrogen (secondary N) is 2. The summed E-state index contributed by atoms with van der Waals surface area (Å²) in [5.74, 6) is 0.175. The van der Waals surface area contributed by atoms with E-state index in [-0.39, 0.29) is 5.82 Å². The van der Waals surface area contributed by atoms with E-state index in [0.717, 1.165) is 58.6 Å². The van der Waals surface area contributed by atoms with Crippen molar-refractivity contribution in [3.05, 3.63) is 73.2 Å². The van der Waals surface area contributed by atoms with Gasteiger partial charge in [-0.25, -0.2) is 24.3 Å². The SMILES string of the molecule is Fc1cc(OCCN2CCCC2)cc(-c2ccnc3[nH]c(-c4n[nH]c5ccc(-c6cncnc6)nc45)cc23)c1. The van der Waals surface area contributed by atoms with Gasteiger partial charge in [-0.2, -0.15) is 5.10 Å². The lowest BCUT2D eigenvalue weighted by Gasteiger charge is -2.15. The van der Waals surface area contributed by atoms with E-state index in [9.17, 15) is 4.39 Å². The predicted molar refractivity (Wildman–Crippen MR) is 147 cm³/mol. The summed E-state index contributed by atoms with van der Waals surface area (Å²) < 4.78 is 20.6. The Morgan fingerprint density at radius 2 is 1.85 bits per heavy atom. The number of H-pyrrole nitrogens is 2. The molecule has 1 aliphatic rings. The Kier molecular flexibility index (Phi) is 5.93. The predicted octanol–water partition coefficient (Wildman–Crippen LogP) is 5.24. The zero-order chi connectivity index (χ0) is 26.2. The van der Waals surface area contributed by atoms with E-state index < -0.39 is 0 Å². The fourth-order valence-corrected chi connectivity index (χ4v) is 5.19. The van der Waals surface area contributed by atoms with Crippen LogP contribution in [-0.2, 0) is 0 Å². The third-order valence-electron chi connectivity index (χ3n) is 7.11. The smallest absolute Gasteiger partial charge is 0.138 e.